The topological polar surface area (TPSA) is 12.0 Å². The molecule has 0 amide bonds. The van der Waals surface area contributed by atoms with Crippen molar-refractivity contribution in [2.24, 2.45) is 5.92 Å². The van der Waals surface area contributed by atoms with E-state index in [1.807, 2.05) is 0 Å². The van der Waals surface area contributed by atoms with Crippen molar-refractivity contribution in [3.63, 3.8) is 0 Å². The number of rotatable bonds is 7. The van der Waals surface area contributed by atoms with Crippen LogP contribution in [0.2, 0.25) is 0 Å². The normalized spacial score (nSPS) is 13.0. The third-order valence-corrected chi connectivity index (χ3v) is 3.20. The van der Waals surface area contributed by atoms with Gasteiger partial charge in [-0.05, 0) is 30.9 Å². The van der Waals surface area contributed by atoms with Crippen molar-refractivity contribution in [2.45, 2.75) is 32.7 Å². The van der Waals surface area contributed by atoms with Crippen molar-refractivity contribution in [3.8, 4) is 0 Å². The highest BCUT2D eigenvalue weighted by Crippen LogP contribution is 2.05. The molecule has 1 rings (SSSR count). The predicted octanol–water partition coefficient (Wildman–Crippen LogP) is 3.47. The third-order valence-electron chi connectivity index (χ3n) is 2.86. The van der Waals surface area contributed by atoms with Crippen LogP contribution in [0.25, 0.3) is 0 Å². The molecule has 1 aromatic carbocycles. The zero-order chi connectivity index (χ0) is 11.8. The van der Waals surface area contributed by atoms with Gasteiger partial charge in [0, 0.05) is 11.9 Å². The Bertz CT molecular complexity index is 271. The van der Waals surface area contributed by atoms with E-state index >= 15 is 0 Å². The van der Waals surface area contributed by atoms with Gasteiger partial charge in [-0.25, -0.2) is 0 Å². The number of benzene rings is 1. The van der Waals surface area contributed by atoms with E-state index < -0.39 is 0 Å². The maximum Gasteiger partial charge on any atom is 0.0379 e. The molecule has 0 aliphatic rings. The zero-order valence-corrected chi connectivity index (χ0v) is 11.0. The van der Waals surface area contributed by atoms with E-state index in [-0.39, 0.29) is 0 Å². The van der Waals surface area contributed by atoms with Gasteiger partial charge in [-0.15, -0.1) is 11.6 Å². The summed E-state index contributed by atoms with van der Waals surface area (Å²) in [5.41, 5.74) is 1.41. The molecule has 1 atom stereocenters. The maximum absolute atomic E-state index is 5.90. The van der Waals surface area contributed by atoms with Crippen LogP contribution in [0.5, 0.6) is 0 Å². The number of hydrogen-bond acceptors (Lipinski definition) is 1. The first-order valence-electron chi connectivity index (χ1n) is 6.07. The van der Waals surface area contributed by atoms with Crippen LogP contribution in [-0.2, 0) is 6.42 Å². The lowest BCUT2D eigenvalue weighted by Gasteiger charge is -2.19. The van der Waals surface area contributed by atoms with E-state index in [0.29, 0.717) is 17.8 Å². The summed E-state index contributed by atoms with van der Waals surface area (Å²) in [5, 5.41) is 3.51. The van der Waals surface area contributed by atoms with Crippen molar-refractivity contribution in [3.05, 3.63) is 35.9 Å². The molecule has 0 aliphatic carbocycles. The van der Waals surface area contributed by atoms with Crippen LogP contribution < -0.4 is 5.32 Å². The standard InChI is InChI=1S/C14H22ClN/c1-12(2)14(11-15)16-10-6-9-13-7-4-3-5-8-13/h3-5,7-8,12,14,16H,6,9-11H2,1-2H3. The second-order valence-corrected chi connectivity index (χ2v) is 4.86. The number of hydrogen-bond donors (Lipinski definition) is 1. The molecule has 1 N–H and O–H groups in total. The number of halogens is 1. The summed E-state index contributed by atoms with van der Waals surface area (Å²) in [6.07, 6.45) is 2.31. The first-order valence-corrected chi connectivity index (χ1v) is 6.60. The molecule has 90 valence electrons. The summed E-state index contributed by atoms with van der Waals surface area (Å²) in [6, 6.07) is 11.1. The third kappa shape index (κ3) is 5.00. The smallest absolute Gasteiger partial charge is 0.0379 e. The monoisotopic (exact) mass is 239 g/mol. The van der Waals surface area contributed by atoms with Crippen LogP contribution >= 0.6 is 11.6 Å². The van der Waals surface area contributed by atoms with Crippen molar-refractivity contribution < 1.29 is 0 Å². The number of nitrogens with one attached hydrogen (secondary N) is 1. The van der Waals surface area contributed by atoms with Gasteiger partial charge in [-0.2, -0.15) is 0 Å². The first kappa shape index (κ1) is 13.5. The van der Waals surface area contributed by atoms with Crippen LogP contribution in [0.3, 0.4) is 0 Å². The molecule has 0 bridgehead atoms. The Balaban J connectivity index is 2.16. The minimum absolute atomic E-state index is 0.442. The molecule has 0 spiro atoms. The lowest BCUT2D eigenvalue weighted by molar-refractivity contribution is 0.428. The average molecular weight is 240 g/mol. The Hall–Kier alpha value is -0.530. The van der Waals surface area contributed by atoms with Crippen LogP contribution in [0.4, 0.5) is 0 Å². The SMILES string of the molecule is CC(C)C(CCl)NCCCc1ccccc1. The lowest BCUT2D eigenvalue weighted by atomic mass is 10.1. The molecule has 0 radical (unpaired) electrons. The molecule has 0 aromatic heterocycles. The van der Waals surface area contributed by atoms with Gasteiger partial charge in [0.1, 0.15) is 0 Å². The van der Waals surface area contributed by atoms with Gasteiger partial charge in [0.25, 0.3) is 0 Å². The van der Waals surface area contributed by atoms with Crippen molar-refractivity contribution >= 4 is 11.6 Å². The minimum Gasteiger partial charge on any atom is -0.313 e. The molecule has 1 aromatic rings. The molecule has 0 fully saturated rings. The van der Waals surface area contributed by atoms with Crippen molar-refractivity contribution in [1.29, 1.82) is 0 Å². The molecule has 1 unspecified atom stereocenters. The molecule has 0 heterocycles. The van der Waals surface area contributed by atoms with Gasteiger partial charge in [0.15, 0.2) is 0 Å². The fraction of sp³-hybridized carbons (Fsp3) is 0.571. The van der Waals surface area contributed by atoms with E-state index in [4.69, 9.17) is 11.6 Å². The summed E-state index contributed by atoms with van der Waals surface area (Å²) >= 11 is 5.90. The molecule has 0 saturated carbocycles. The van der Waals surface area contributed by atoms with E-state index in [1.54, 1.807) is 0 Å². The maximum atomic E-state index is 5.90. The highest BCUT2D eigenvalue weighted by atomic mass is 35.5. The van der Waals surface area contributed by atoms with Gasteiger partial charge < -0.3 is 5.32 Å². The molecular weight excluding hydrogens is 218 g/mol. The molecule has 0 aliphatic heterocycles. The Morgan fingerprint density at radius 2 is 1.88 bits per heavy atom. The zero-order valence-electron chi connectivity index (χ0n) is 10.2. The summed E-state index contributed by atoms with van der Waals surface area (Å²) in [5.74, 6) is 1.30. The predicted molar refractivity (Wildman–Crippen MR) is 72.1 cm³/mol. The number of alkyl halides is 1. The van der Waals surface area contributed by atoms with E-state index in [2.05, 4.69) is 49.5 Å². The summed E-state index contributed by atoms with van der Waals surface area (Å²) in [6.45, 7) is 5.46. The second kappa shape index (κ2) is 7.70. The van der Waals surface area contributed by atoms with Gasteiger partial charge in [-0.3, -0.25) is 0 Å². The molecule has 0 saturated heterocycles. The fourth-order valence-corrected chi connectivity index (χ4v) is 2.16. The van der Waals surface area contributed by atoms with Crippen molar-refractivity contribution in [1.82, 2.24) is 5.32 Å². The Labute approximate surface area is 104 Å². The van der Waals surface area contributed by atoms with Crippen LogP contribution in [0.1, 0.15) is 25.8 Å². The highest BCUT2D eigenvalue weighted by molar-refractivity contribution is 6.18. The van der Waals surface area contributed by atoms with Gasteiger partial charge in [0.2, 0.25) is 0 Å². The summed E-state index contributed by atoms with van der Waals surface area (Å²) in [7, 11) is 0. The average Bonchev–Trinajstić information content (AvgIpc) is 2.30. The van der Waals surface area contributed by atoms with Crippen LogP contribution in [-0.4, -0.2) is 18.5 Å². The second-order valence-electron chi connectivity index (χ2n) is 4.55. The van der Waals surface area contributed by atoms with E-state index in [9.17, 15) is 0 Å². The fourth-order valence-electron chi connectivity index (χ4n) is 1.69. The summed E-state index contributed by atoms with van der Waals surface area (Å²) < 4.78 is 0. The molecule has 2 heteroatoms. The minimum atomic E-state index is 0.442. The molecular formula is C14H22ClN. The van der Waals surface area contributed by atoms with Crippen LogP contribution in [0, 0.1) is 5.92 Å². The Morgan fingerprint density at radius 1 is 1.19 bits per heavy atom. The Kier molecular flexibility index (Phi) is 6.51. The van der Waals surface area contributed by atoms with E-state index in [1.165, 1.54) is 12.0 Å². The van der Waals surface area contributed by atoms with Gasteiger partial charge in [0.05, 0.1) is 0 Å². The first-order chi connectivity index (χ1) is 7.74. The quantitative estimate of drug-likeness (QED) is 0.568. The van der Waals surface area contributed by atoms with Gasteiger partial charge >= 0.3 is 0 Å². The number of aryl methyl sites for hydroxylation is 1. The molecule has 1 nitrogen and oxygen atoms in total. The van der Waals surface area contributed by atoms with Crippen molar-refractivity contribution in [2.75, 3.05) is 12.4 Å². The van der Waals surface area contributed by atoms with Gasteiger partial charge in [-0.1, -0.05) is 44.2 Å². The Morgan fingerprint density at radius 3 is 2.44 bits per heavy atom. The van der Waals surface area contributed by atoms with E-state index in [0.717, 1.165) is 13.0 Å². The highest BCUT2D eigenvalue weighted by Gasteiger charge is 2.09. The summed E-state index contributed by atoms with van der Waals surface area (Å²) in [4.78, 5) is 0. The lowest BCUT2D eigenvalue weighted by Crippen LogP contribution is -2.36. The molecule has 16 heavy (non-hydrogen) atoms. The largest absolute Gasteiger partial charge is 0.313 e. The van der Waals surface area contributed by atoms with Crippen LogP contribution in [0.15, 0.2) is 30.3 Å².